The van der Waals surface area contributed by atoms with E-state index in [-0.39, 0.29) is 25.0 Å². The number of benzene rings is 2. The van der Waals surface area contributed by atoms with Crippen LogP contribution in [0, 0.1) is 13.8 Å². The Labute approximate surface area is 176 Å². The smallest absolute Gasteiger partial charge is 0.245 e. The maximum absolute atomic E-state index is 12.8. The van der Waals surface area contributed by atoms with E-state index in [2.05, 4.69) is 10.6 Å². The van der Waals surface area contributed by atoms with E-state index in [0.717, 1.165) is 40.1 Å². The third-order valence-corrected chi connectivity index (χ3v) is 4.88. The highest BCUT2D eigenvalue weighted by molar-refractivity contribution is 5.92. The Morgan fingerprint density at radius 1 is 1.10 bits per heavy atom. The molecule has 2 aromatic carbocycles. The number of para-hydroxylation sites is 2. The van der Waals surface area contributed by atoms with Crippen molar-refractivity contribution in [2.45, 2.75) is 33.2 Å². The molecule has 0 fully saturated rings. The number of rotatable bonds is 9. The van der Waals surface area contributed by atoms with E-state index in [0.29, 0.717) is 13.0 Å². The van der Waals surface area contributed by atoms with Crippen molar-refractivity contribution < 1.29 is 14.3 Å². The van der Waals surface area contributed by atoms with Crippen molar-refractivity contribution in [2.75, 3.05) is 25.6 Å². The van der Waals surface area contributed by atoms with Gasteiger partial charge in [-0.2, -0.15) is 0 Å². The molecule has 0 atom stereocenters. The second-order valence-electron chi connectivity index (χ2n) is 7.36. The van der Waals surface area contributed by atoms with Gasteiger partial charge in [-0.05, 0) is 49.6 Å². The van der Waals surface area contributed by atoms with Crippen LogP contribution >= 0.6 is 0 Å². The van der Waals surface area contributed by atoms with Crippen LogP contribution in [0.3, 0.4) is 0 Å². The number of carbonyl (C=O) groups is 2. The Morgan fingerprint density at radius 3 is 2.70 bits per heavy atom. The Hall–Kier alpha value is -3.19. The first-order valence-corrected chi connectivity index (χ1v) is 10.0. The standard InChI is InChI=1S/C23H28N4O3/c1-16-10-11-17(2)19(13-16)26-22(28)14-27-20-8-5-4-7-18(20)25-21(27)9-6-12-24-23(29)15-30-3/h4-5,7-8,10-11,13H,6,9,12,14-15H2,1-3H3,(H,24,29)(H,26,28). The summed E-state index contributed by atoms with van der Waals surface area (Å²) < 4.78 is 6.76. The molecule has 0 bridgehead atoms. The summed E-state index contributed by atoms with van der Waals surface area (Å²) in [5.41, 5.74) is 4.73. The normalized spacial score (nSPS) is 10.9. The van der Waals surface area contributed by atoms with Gasteiger partial charge in [0.25, 0.3) is 0 Å². The lowest BCUT2D eigenvalue weighted by atomic mass is 10.1. The number of ether oxygens (including phenoxy) is 1. The molecule has 7 nitrogen and oxygen atoms in total. The molecule has 1 heterocycles. The summed E-state index contributed by atoms with van der Waals surface area (Å²) in [6.07, 6.45) is 1.37. The second-order valence-corrected chi connectivity index (χ2v) is 7.36. The van der Waals surface area contributed by atoms with E-state index in [1.807, 2.05) is 60.9 Å². The molecule has 0 spiro atoms. The SMILES string of the molecule is COCC(=O)NCCCc1nc2ccccc2n1CC(=O)Nc1cc(C)ccc1C. The summed E-state index contributed by atoms with van der Waals surface area (Å²) in [5.74, 6) is 0.591. The molecule has 7 heteroatoms. The van der Waals surface area contributed by atoms with Gasteiger partial charge in [-0.1, -0.05) is 24.3 Å². The summed E-state index contributed by atoms with van der Waals surface area (Å²) in [5, 5.41) is 5.83. The van der Waals surface area contributed by atoms with Gasteiger partial charge in [0.15, 0.2) is 0 Å². The molecule has 0 saturated carbocycles. The second kappa shape index (κ2) is 10.0. The van der Waals surface area contributed by atoms with Crippen LogP contribution < -0.4 is 10.6 Å². The third kappa shape index (κ3) is 5.45. The van der Waals surface area contributed by atoms with Crippen LogP contribution in [0.5, 0.6) is 0 Å². The summed E-state index contributed by atoms with van der Waals surface area (Å²) in [6.45, 7) is 4.74. The molecule has 3 aromatic rings. The lowest BCUT2D eigenvalue weighted by molar-refractivity contribution is -0.124. The number of methoxy groups -OCH3 is 1. The van der Waals surface area contributed by atoms with E-state index in [4.69, 9.17) is 9.72 Å². The van der Waals surface area contributed by atoms with E-state index >= 15 is 0 Å². The van der Waals surface area contributed by atoms with Crippen molar-refractivity contribution >= 4 is 28.5 Å². The van der Waals surface area contributed by atoms with Gasteiger partial charge in [0.1, 0.15) is 19.0 Å². The molecular formula is C23H28N4O3. The molecule has 1 aromatic heterocycles. The molecular weight excluding hydrogens is 380 g/mol. The van der Waals surface area contributed by atoms with Crippen molar-refractivity contribution in [3.8, 4) is 0 Å². The van der Waals surface area contributed by atoms with Crippen LogP contribution in [-0.2, 0) is 27.3 Å². The number of aryl methyl sites for hydroxylation is 3. The van der Waals surface area contributed by atoms with Crippen LogP contribution in [0.25, 0.3) is 11.0 Å². The van der Waals surface area contributed by atoms with Crippen LogP contribution in [0.1, 0.15) is 23.4 Å². The minimum absolute atomic E-state index is 0.0526. The largest absolute Gasteiger partial charge is 0.375 e. The lowest BCUT2D eigenvalue weighted by Gasteiger charge is -2.12. The molecule has 0 saturated heterocycles. The number of aromatic nitrogens is 2. The molecule has 0 aliphatic rings. The van der Waals surface area contributed by atoms with Crippen molar-refractivity contribution in [3.63, 3.8) is 0 Å². The van der Waals surface area contributed by atoms with Gasteiger partial charge < -0.3 is 19.9 Å². The quantitative estimate of drug-likeness (QED) is 0.533. The first-order chi connectivity index (χ1) is 14.5. The lowest BCUT2D eigenvalue weighted by Crippen LogP contribution is -2.28. The number of hydrogen-bond donors (Lipinski definition) is 2. The molecule has 2 amide bonds. The summed E-state index contributed by atoms with van der Waals surface area (Å²) in [6, 6.07) is 13.8. The first kappa shape index (κ1) is 21.5. The molecule has 0 radical (unpaired) electrons. The fourth-order valence-electron chi connectivity index (χ4n) is 3.35. The average molecular weight is 409 g/mol. The highest BCUT2D eigenvalue weighted by Gasteiger charge is 2.14. The minimum atomic E-state index is -0.140. The van der Waals surface area contributed by atoms with E-state index < -0.39 is 0 Å². The number of nitrogens with one attached hydrogen (secondary N) is 2. The Bertz CT molecular complexity index is 1040. The number of nitrogens with zero attached hydrogens (tertiary/aromatic N) is 2. The topological polar surface area (TPSA) is 85.2 Å². The molecule has 0 aliphatic heterocycles. The van der Waals surface area contributed by atoms with Gasteiger partial charge in [0.2, 0.25) is 11.8 Å². The highest BCUT2D eigenvalue weighted by Crippen LogP contribution is 2.19. The minimum Gasteiger partial charge on any atom is -0.375 e. The van der Waals surface area contributed by atoms with Crippen molar-refractivity contribution in [1.82, 2.24) is 14.9 Å². The number of amides is 2. The van der Waals surface area contributed by atoms with Crippen molar-refractivity contribution in [3.05, 3.63) is 59.4 Å². The number of fused-ring (bicyclic) bond motifs is 1. The molecule has 3 rings (SSSR count). The van der Waals surface area contributed by atoms with Crippen molar-refractivity contribution in [2.24, 2.45) is 0 Å². The molecule has 0 aliphatic carbocycles. The monoisotopic (exact) mass is 408 g/mol. The summed E-state index contributed by atoms with van der Waals surface area (Å²) in [4.78, 5) is 29.0. The van der Waals surface area contributed by atoms with Crippen molar-refractivity contribution in [1.29, 1.82) is 0 Å². The molecule has 158 valence electrons. The van der Waals surface area contributed by atoms with Crippen LogP contribution in [0.15, 0.2) is 42.5 Å². The first-order valence-electron chi connectivity index (χ1n) is 10.0. The van der Waals surface area contributed by atoms with E-state index in [1.54, 1.807) is 0 Å². The maximum Gasteiger partial charge on any atom is 0.245 e. The predicted octanol–water partition coefficient (Wildman–Crippen LogP) is 2.99. The zero-order valence-corrected chi connectivity index (χ0v) is 17.7. The average Bonchev–Trinajstić information content (AvgIpc) is 3.06. The molecule has 0 unspecified atom stereocenters. The summed E-state index contributed by atoms with van der Waals surface area (Å²) in [7, 11) is 1.49. The number of hydrogen-bond acceptors (Lipinski definition) is 4. The van der Waals surface area contributed by atoms with Gasteiger partial charge >= 0.3 is 0 Å². The number of imidazole rings is 1. The molecule has 2 N–H and O–H groups in total. The van der Waals surface area contributed by atoms with Gasteiger partial charge in [-0.25, -0.2) is 4.98 Å². The maximum atomic E-state index is 12.8. The van der Waals surface area contributed by atoms with Gasteiger partial charge in [-0.3, -0.25) is 9.59 Å². The summed E-state index contributed by atoms with van der Waals surface area (Å²) >= 11 is 0. The van der Waals surface area contributed by atoms with Crippen LogP contribution in [0.4, 0.5) is 5.69 Å². The zero-order chi connectivity index (χ0) is 21.5. The van der Waals surface area contributed by atoms with Gasteiger partial charge in [0, 0.05) is 25.8 Å². The Balaban J connectivity index is 1.72. The number of anilines is 1. The van der Waals surface area contributed by atoms with Gasteiger partial charge in [-0.15, -0.1) is 0 Å². The number of carbonyl (C=O) groups excluding carboxylic acids is 2. The van der Waals surface area contributed by atoms with Crippen LogP contribution in [0.2, 0.25) is 0 Å². The van der Waals surface area contributed by atoms with Gasteiger partial charge in [0.05, 0.1) is 11.0 Å². The van der Waals surface area contributed by atoms with E-state index in [1.165, 1.54) is 7.11 Å². The Kier molecular flexibility index (Phi) is 7.19. The predicted molar refractivity (Wildman–Crippen MR) is 117 cm³/mol. The Morgan fingerprint density at radius 2 is 1.90 bits per heavy atom. The highest BCUT2D eigenvalue weighted by atomic mass is 16.5. The molecule has 30 heavy (non-hydrogen) atoms. The van der Waals surface area contributed by atoms with E-state index in [9.17, 15) is 9.59 Å². The zero-order valence-electron chi connectivity index (χ0n) is 17.7. The fourth-order valence-corrected chi connectivity index (χ4v) is 3.35. The van der Waals surface area contributed by atoms with Crippen LogP contribution in [-0.4, -0.2) is 41.6 Å². The fraction of sp³-hybridized carbons (Fsp3) is 0.348. The third-order valence-electron chi connectivity index (χ3n) is 4.88.